The van der Waals surface area contributed by atoms with Gasteiger partial charge in [-0.25, -0.2) is 14.1 Å². The van der Waals surface area contributed by atoms with E-state index < -0.39 is 30.3 Å². The lowest BCUT2D eigenvalue weighted by Crippen LogP contribution is -2.67. The van der Waals surface area contributed by atoms with Crippen LogP contribution >= 0.6 is 0 Å². The van der Waals surface area contributed by atoms with Crippen molar-refractivity contribution in [1.82, 2.24) is 15.5 Å². The maximum absolute atomic E-state index is 15.3. The number of nitrogens with one attached hydrogen (secondary N) is 2. The van der Waals surface area contributed by atoms with E-state index in [-0.39, 0.29) is 45.0 Å². The van der Waals surface area contributed by atoms with Gasteiger partial charge in [-0.1, -0.05) is 0 Å². The number of piperazine rings is 1. The third-order valence-electron chi connectivity index (χ3n) is 5.52. The maximum atomic E-state index is 15.3. The summed E-state index contributed by atoms with van der Waals surface area (Å²) in [5.41, 5.74) is 1.10. The molecule has 2 fully saturated rings. The molecule has 1 aromatic rings. The number of carbonyl (C=O) groups is 3. The van der Waals surface area contributed by atoms with Crippen molar-refractivity contribution in [2.45, 2.75) is 38.1 Å². The Morgan fingerprint density at radius 1 is 1.27 bits per heavy atom. The third-order valence-corrected chi connectivity index (χ3v) is 5.52. The predicted molar refractivity (Wildman–Crippen MR) is 110 cm³/mol. The summed E-state index contributed by atoms with van der Waals surface area (Å²) < 4.78 is 60.3. The Morgan fingerprint density at radius 3 is 2.45 bits per heavy atom. The molecule has 0 saturated carbocycles. The molecule has 0 radical (unpaired) electrons. The van der Waals surface area contributed by atoms with E-state index in [4.69, 9.17) is 4.74 Å². The Labute approximate surface area is 187 Å². The van der Waals surface area contributed by atoms with Gasteiger partial charge in [0.15, 0.2) is 12.0 Å². The Balaban J connectivity index is 1.67. The highest BCUT2D eigenvalue weighted by atomic mass is 19.4. The average Bonchev–Trinajstić information content (AvgIpc) is 3.10. The zero-order chi connectivity index (χ0) is 24.4. The molecule has 0 aliphatic carbocycles. The van der Waals surface area contributed by atoms with Crippen molar-refractivity contribution in [3.63, 3.8) is 0 Å². The molecule has 33 heavy (non-hydrogen) atoms. The molecule has 2 N–H and O–H groups in total. The molecular formula is C20H25F4N5O4. The summed E-state index contributed by atoms with van der Waals surface area (Å²) in [6.45, 7) is 2.28. The monoisotopic (exact) mass is 475 g/mol. The van der Waals surface area contributed by atoms with E-state index in [0.717, 1.165) is 6.92 Å². The second-order valence-electron chi connectivity index (χ2n) is 8.06. The number of nitrogens with zero attached hydrogens (tertiary/aromatic N) is 3. The molecule has 1 aromatic carbocycles. The molecule has 3 amide bonds. The molecule has 3 rings (SSSR count). The molecule has 0 aromatic heterocycles. The summed E-state index contributed by atoms with van der Waals surface area (Å²) in [6, 6.07) is 6.54. The van der Waals surface area contributed by atoms with Crippen LogP contribution in [0.15, 0.2) is 24.3 Å². The Morgan fingerprint density at radius 2 is 1.91 bits per heavy atom. The van der Waals surface area contributed by atoms with Gasteiger partial charge in [-0.15, -0.1) is 0 Å². The Bertz CT molecular complexity index is 880. The first-order chi connectivity index (χ1) is 15.4. The van der Waals surface area contributed by atoms with Crippen LogP contribution in [0.3, 0.4) is 0 Å². The van der Waals surface area contributed by atoms with Gasteiger partial charge in [0.05, 0.1) is 19.6 Å². The fourth-order valence-corrected chi connectivity index (χ4v) is 3.96. The lowest BCUT2D eigenvalue weighted by atomic mass is 10.1. The van der Waals surface area contributed by atoms with E-state index in [9.17, 15) is 27.6 Å². The Kier molecular flexibility index (Phi) is 7.00. The number of ether oxygens (including phenoxy) is 1. The minimum atomic E-state index is -4.83. The first-order valence-electron chi connectivity index (χ1n) is 10.2. The van der Waals surface area contributed by atoms with E-state index in [2.05, 4.69) is 5.32 Å². The van der Waals surface area contributed by atoms with Gasteiger partial charge in [0, 0.05) is 31.4 Å². The van der Waals surface area contributed by atoms with Crippen molar-refractivity contribution in [1.29, 1.82) is 0 Å². The average molecular weight is 475 g/mol. The normalized spacial score (nSPS) is 24.9. The maximum Gasteiger partial charge on any atom is 0.422 e. The number of hydrogen-bond donors (Lipinski definition) is 2. The fourth-order valence-electron chi connectivity index (χ4n) is 3.96. The summed E-state index contributed by atoms with van der Waals surface area (Å²) in [5.74, 6) is -2.61. The molecule has 9 nitrogen and oxygen atoms in total. The van der Waals surface area contributed by atoms with Crippen LogP contribution in [0.2, 0.25) is 0 Å². The van der Waals surface area contributed by atoms with Crippen LogP contribution in [0.25, 0.3) is 0 Å². The molecule has 2 aliphatic rings. The van der Waals surface area contributed by atoms with Gasteiger partial charge in [-0.3, -0.25) is 14.5 Å². The van der Waals surface area contributed by atoms with Crippen LogP contribution in [0.4, 0.5) is 33.7 Å². The number of cyclic esters (lactones) is 1. The van der Waals surface area contributed by atoms with Gasteiger partial charge in [-0.2, -0.15) is 13.2 Å². The first-order valence-corrected chi connectivity index (χ1v) is 10.2. The molecule has 3 atom stereocenters. The van der Waals surface area contributed by atoms with Crippen LogP contribution in [-0.2, 0) is 14.3 Å². The third kappa shape index (κ3) is 5.64. The van der Waals surface area contributed by atoms with Crippen molar-refractivity contribution in [2.24, 2.45) is 0 Å². The molecule has 2 unspecified atom stereocenters. The molecule has 13 heteroatoms. The summed E-state index contributed by atoms with van der Waals surface area (Å²) in [4.78, 5) is 37.4. The molecule has 0 bridgehead atoms. The van der Waals surface area contributed by atoms with E-state index in [1.54, 1.807) is 34.5 Å². The summed E-state index contributed by atoms with van der Waals surface area (Å²) in [5, 5.41) is 4.24. The number of carbonyl (C=O) groups excluding carboxylic acids is 3. The number of anilines is 2. The summed E-state index contributed by atoms with van der Waals surface area (Å²) in [7, 11) is 0. The van der Waals surface area contributed by atoms with Crippen molar-refractivity contribution in [3.8, 4) is 0 Å². The smallest absolute Gasteiger partial charge is 0.422 e. The molecular weight excluding hydrogens is 450 g/mol. The molecule has 2 aliphatic heterocycles. The molecule has 2 saturated heterocycles. The van der Waals surface area contributed by atoms with Gasteiger partial charge in [0.25, 0.3) is 0 Å². The van der Waals surface area contributed by atoms with Crippen LogP contribution < -0.4 is 20.4 Å². The minimum absolute atomic E-state index is 0.0938. The van der Waals surface area contributed by atoms with Crippen LogP contribution in [-0.4, -0.2) is 80.3 Å². The quantitative estimate of drug-likeness (QED) is 0.354. The number of alkyl halides is 4. The van der Waals surface area contributed by atoms with Crippen molar-refractivity contribution in [3.05, 3.63) is 24.3 Å². The highest BCUT2D eigenvalue weighted by Crippen LogP contribution is 2.34. The van der Waals surface area contributed by atoms with Crippen molar-refractivity contribution < 1.29 is 36.7 Å². The lowest BCUT2D eigenvalue weighted by molar-refractivity contribution is -0.223. The SMILES string of the molecule is CC(=O)NCC1CN(c2ccc(N3CCN(C(NC=O)C(F)(F)F)[C@@](C)(F)C3)cc2)C(=O)O1. The molecule has 0 spiro atoms. The number of halogens is 4. The Hall–Kier alpha value is -3.09. The van der Waals surface area contributed by atoms with E-state index in [1.807, 2.05) is 0 Å². The highest BCUT2D eigenvalue weighted by molar-refractivity contribution is 5.90. The first kappa shape index (κ1) is 24.6. The largest absolute Gasteiger partial charge is 0.442 e. The molecule has 182 valence electrons. The minimum Gasteiger partial charge on any atom is -0.442 e. The zero-order valence-electron chi connectivity index (χ0n) is 18.1. The van der Waals surface area contributed by atoms with Gasteiger partial charge in [0.1, 0.15) is 6.10 Å². The van der Waals surface area contributed by atoms with Gasteiger partial charge < -0.3 is 20.3 Å². The van der Waals surface area contributed by atoms with E-state index in [0.29, 0.717) is 16.3 Å². The number of benzene rings is 1. The summed E-state index contributed by atoms with van der Waals surface area (Å²) >= 11 is 0. The summed E-state index contributed by atoms with van der Waals surface area (Å²) in [6.07, 6.45) is -8.42. The standard InChI is InChI=1S/C20H25F4N5O4/c1-13(31)25-9-16-10-28(18(32)33-16)15-5-3-14(4-6-15)27-7-8-29(19(2,21)11-27)17(26-12-30)20(22,23)24/h3-6,12,16-17H,7-11H2,1-2H3,(H,25,31)(H,26,30)/t16?,17?,19-/m1/s1. The number of hydrogen-bond acceptors (Lipinski definition) is 6. The predicted octanol–water partition coefficient (Wildman–Crippen LogP) is 1.59. The zero-order valence-corrected chi connectivity index (χ0v) is 18.1. The van der Waals surface area contributed by atoms with Gasteiger partial charge >= 0.3 is 12.3 Å². The van der Waals surface area contributed by atoms with E-state index in [1.165, 1.54) is 11.8 Å². The van der Waals surface area contributed by atoms with Gasteiger partial charge in [-0.05, 0) is 31.2 Å². The van der Waals surface area contributed by atoms with Crippen molar-refractivity contribution in [2.75, 3.05) is 42.5 Å². The second-order valence-corrected chi connectivity index (χ2v) is 8.06. The second kappa shape index (κ2) is 9.41. The lowest BCUT2D eigenvalue weighted by Gasteiger charge is -2.48. The van der Waals surface area contributed by atoms with E-state index >= 15 is 4.39 Å². The topological polar surface area (TPSA) is 94.2 Å². The van der Waals surface area contributed by atoms with Crippen LogP contribution in [0.5, 0.6) is 0 Å². The number of amides is 3. The van der Waals surface area contributed by atoms with Crippen LogP contribution in [0, 0.1) is 0 Å². The van der Waals surface area contributed by atoms with Gasteiger partial charge in [0.2, 0.25) is 12.3 Å². The van der Waals surface area contributed by atoms with Crippen molar-refractivity contribution >= 4 is 29.8 Å². The highest BCUT2D eigenvalue weighted by Gasteiger charge is 2.52. The number of rotatable bonds is 7. The molecule has 2 heterocycles. The van der Waals surface area contributed by atoms with Crippen LogP contribution in [0.1, 0.15) is 13.8 Å². The fraction of sp³-hybridized carbons (Fsp3) is 0.550.